The van der Waals surface area contributed by atoms with Crippen LogP contribution < -0.4 is 14.8 Å². The molecule has 0 fully saturated rings. The highest BCUT2D eigenvalue weighted by Crippen LogP contribution is 2.31. The molecule has 0 aliphatic carbocycles. The molecule has 1 N–H and O–H groups in total. The van der Waals surface area contributed by atoms with E-state index < -0.39 is 0 Å². The number of amides is 1. The molecule has 0 heterocycles. The Kier molecular flexibility index (Phi) is 6.10. The lowest BCUT2D eigenvalue weighted by atomic mass is 10.1. The summed E-state index contributed by atoms with van der Waals surface area (Å²) >= 11 is 5.93. The number of ether oxygens (including phenoxy) is 2. The van der Waals surface area contributed by atoms with Crippen LogP contribution in [-0.2, 0) is 0 Å². The van der Waals surface area contributed by atoms with Crippen LogP contribution in [0.2, 0.25) is 5.02 Å². The van der Waals surface area contributed by atoms with E-state index in [9.17, 15) is 4.79 Å². The first-order valence-corrected chi connectivity index (χ1v) is 8.19. The minimum absolute atomic E-state index is 0.0599. The number of carbonyl (C=O) groups excluding carboxylic acids is 1. The highest BCUT2D eigenvalue weighted by molar-refractivity contribution is 6.30. The van der Waals surface area contributed by atoms with Crippen molar-refractivity contribution in [1.82, 2.24) is 5.32 Å². The van der Waals surface area contributed by atoms with Gasteiger partial charge in [-0.15, -0.1) is 0 Å². The van der Waals surface area contributed by atoms with E-state index in [1.165, 1.54) is 0 Å². The van der Waals surface area contributed by atoms with Crippen LogP contribution in [0.1, 0.15) is 42.7 Å². The molecule has 0 aliphatic rings. The fourth-order valence-electron chi connectivity index (χ4n) is 2.30. The van der Waals surface area contributed by atoms with Crippen molar-refractivity contribution in [2.45, 2.75) is 32.9 Å². The van der Waals surface area contributed by atoms with Gasteiger partial charge in [-0.25, -0.2) is 0 Å². The normalized spacial score (nSPS) is 11.9. The third-order valence-electron chi connectivity index (χ3n) is 3.48. The minimum Gasteiger partial charge on any atom is -0.493 e. The van der Waals surface area contributed by atoms with Gasteiger partial charge in [-0.3, -0.25) is 4.79 Å². The van der Waals surface area contributed by atoms with Gasteiger partial charge in [-0.05, 0) is 56.7 Å². The van der Waals surface area contributed by atoms with Gasteiger partial charge < -0.3 is 14.8 Å². The van der Waals surface area contributed by atoms with E-state index >= 15 is 0 Å². The largest absolute Gasteiger partial charge is 0.493 e. The molecule has 0 saturated heterocycles. The smallest absolute Gasteiger partial charge is 0.251 e. The van der Waals surface area contributed by atoms with Crippen molar-refractivity contribution in [2.75, 3.05) is 7.11 Å². The standard InChI is InChI=1S/C19H22ClNO3/c1-12(2)24-17-9-8-14(11-18(17)23-4)13(3)21-19(22)15-6-5-7-16(20)10-15/h5-13H,1-4H3,(H,21,22). The fraction of sp³-hybridized carbons (Fsp3) is 0.316. The van der Waals surface area contributed by atoms with E-state index in [-0.39, 0.29) is 18.1 Å². The minimum atomic E-state index is -0.182. The quantitative estimate of drug-likeness (QED) is 0.829. The predicted molar refractivity (Wildman–Crippen MR) is 96.1 cm³/mol. The second-order valence-electron chi connectivity index (χ2n) is 5.78. The molecule has 5 heteroatoms. The summed E-state index contributed by atoms with van der Waals surface area (Å²) in [5.74, 6) is 1.15. The molecule has 1 unspecified atom stereocenters. The Morgan fingerprint density at radius 3 is 2.46 bits per heavy atom. The van der Waals surface area contributed by atoms with Crippen molar-refractivity contribution in [3.63, 3.8) is 0 Å². The first kappa shape index (κ1) is 18.1. The second kappa shape index (κ2) is 8.06. The third-order valence-corrected chi connectivity index (χ3v) is 3.72. The molecule has 0 bridgehead atoms. The van der Waals surface area contributed by atoms with Gasteiger partial charge in [-0.2, -0.15) is 0 Å². The summed E-state index contributed by atoms with van der Waals surface area (Å²) in [6, 6.07) is 12.3. The summed E-state index contributed by atoms with van der Waals surface area (Å²) in [7, 11) is 1.60. The molecule has 0 aromatic heterocycles. The van der Waals surface area contributed by atoms with E-state index in [1.807, 2.05) is 39.0 Å². The number of hydrogen-bond acceptors (Lipinski definition) is 3. The highest BCUT2D eigenvalue weighted by Gasteiger charge is 2.15. The van der Waals surface area contributed by atoms with Crippen LogP contribution in [-0.4, -0.2) is 19.1 Å². The summed E-state index contributed by atoms with van der Waals surface area (Å²) in [6.07, 6.45) is 0.0599. The van der Waals surface area contributed by atoms with Crippen molar-refractivity contribution in [3.8, 4) is 11.5 Å². The summed E-state index contributed by atoms with van der Waals surface area (Å²) in [5, 5.41) is 3.49. The van der Waals surface area contributed by atoms with Crippen molar-refractivity contribution < 1.29 is 14.3 Å². The maximum atomic E-state index is 12.3. The first-order valence-electron chi connectivity index (χ1n) is 7.81. The van der Waals surface area contributed by atoms with Crippen molar-refractivity contribution >= 4 is 17.5 Å². The van der Waals surface area contributed by atoms with Gasteiger partial charge in [0.2, 0.25) is 0 Å². The molecule has 1 atom stereocenters. The van der Waals surface area contributed by atoms with Gasteiger partial charge in [0.25, 0.3) is 5.91 Å². The van der Waals surface area contributed by atoms with Crippen molar-refractivity contribution in [1.29, 1.82) is 0 Å². The van der Waals surface area contributed by atoms with Crippen LogP contribution in [0, 0.1) is 0 Å². The molecule has 128 valence electrons. The van der Waals surface area contributed by atoms with Crippen LogP contribution in [0.3, 0.4) is 0 Å². The van der Waals surface area contributed by atoms with E-state index in [0.717, 1.165) is 5.56 Å². The lowest BCUT2D eigenvalue weighted by molar-refractivity contribution is 0.0940. The molecular weight excluding hydrogens is 326 g/mol. The zero-order chi connectivity index (χ0) is 17.7. The Morgan fingerprint density at radius 1 is 1.08 bits per heavy atom. The summed E-state index contributed by atoms with van der Waals surface area (Å²) in [6.45, 7) is 5.84. The van der Waals surface area contributed by atoms with E-state index in [4.69, 9.17) is 21.1 Å². The monoisotopic (exact) mass is 347 g/mol. The molecule has 0 aliphatic heterocycles. The number of carbonyl (C=O) groups is 1. The van der Waals surface area contributed by atoms with Crippen molar-refractivity contribution in [2.24, 2.45) is 0 Å². The SMILES string of the molecule is COc1cc(C(C)NC(=O)c2cccc(Cl)c2)ccc1OC(C)C. The van der Waals surface area contributed by atoms with Gasteiger partial charge in [-0.1, -0.05) is 23.7 Å². The number of nitrogens with one attached hydrogen (secondary N) is 1. The lowest BCUT2D eigenvalue weighted by Crippen LogP contribution is -2.26. The fourth-order valence-corrected chi connectivity index (χ4v) is 2.49. The molecule has 2 aromatic carbocycles. The molecule has 24 heavy (non-hydrogen) atoms. The maximum absolute atomic E-state index is 12.3. The van der Waals surface area contributed by atoms with Gasteiger partial charge in [0, 0.05) is 10.6 Å². The number of benzene rings is 2. The maximum Gasteiger partial charge on any atom is 0.251 e. The average molecular weight is 348 g/mol. The summed E-state index contributed by atoms with van der Waals surface area (Å²) in [5.41, 5.74) is 1.46. The average Bonchev–Trinajstić information content (AvgIpc) is 2.54. The Balaban J connectivity index is 2.14. The van der Waals surface area contributed by atoms with E-state index in [0.29, 0.717) is 22.1 Å². The third kappa shape index (κ3) is 4.65. The number of methoxy groups -OCH3 is 1. The molecular formula is C19H22ClNO3. The zero-order valence-electron chi connectivity index (χ0n) is 14.3. The van der Waals surface area contributed by atoms with E-state index in [1.54, 1.807) is 31.4 Å². The molecule has 1 amide bonds. The topological polar surface area (TPSA) is 47.6 Å². The molecule has 2 rings (SSSR count). The molecule has 0 radical (unpaired) electrons. The lowest BCUT2D eigenvalue weighted by Gasteiger charge is -2.18. The van der Waals surface area contributed by atoms with Crippen LogP contribution in [0.25, 0.3) is 0 Å². The Morgan fingerprint density at radius 2 is 1.83 bits per heavy atom. The molecule has 2 aromatic rings. The van der Waals surface area contributed by atoms with Crippen molar-refractivity contribution in [3.05, 3.63) is 58.6 Å². The second-order valence-corrected chi connectivity index (χ2v) is 6.22. The summed E-state index contributed by atoms with van der Waals surface area (Å²) < 4.78 is 11.1. The Bertz CT molecular complexity index is 716. The Labute approximate surface area is 147 Å². The van der Waals surface area contributed by atoms with Gasteiger partial charge in [0.1, 0.15) is 0 Å². The first-order chi connectivity index (χ1) is 11.4. The Hall–Kier alpha value is -2.20. The van der Waals surface area contributed by atoms with Crippen LogP contribution in [0.4, 0.5) is 0 Å². The van der Waals surface area contributed by atoms with E-state index in [2.05, 4.69) is 5.32 Å². The van der Waals surface area contributed by atoms with Crippen LogP contribution >= 0.6 is 11.6 Å². The molecule has 0 saturated carbocycles. The molecule has 0 spiro atoms. The molecule has 4 nitrogen and oxygen atoms in total. The number of halogens is 1. The number of hydrogen-bond donors (Lipinski definition) is 1. The zero-order valence-corrected chi connectivity index (χ0v) is 15.1. The van der Waals surface area contributed by atoms with Gasteiger partial charge >= 0.3 is 0 Å². The number of rotatable bonds is 6. The summed E-state index contributed by atoms with van der Waals surface area (Å²) in [4.78, 5) is 12.3. The van der Waals surface area contributed by atoms with Crippen LogP contribution in [0.15, 0.2) is 42.5 Å². The van der Waals surface area contributed by atoms with Crippen LogP contribution in [0.5, 0.6) is 11.5 Å². The van der Waals surface area contributed by atoms with Gasteiger partial charge in [0.05, 0.1) is 19.3 Å². The van der Waals surface area contributed by atoms with Gasteiger partial charge in [0.15, 0.2) is 11.5 Å². The predicted octanol–water partition coefficient (Wildman–Crippen LogP) is 4.63. The highest BCUT2D eigenvalue weighted by atomic mass is 35.5.